The average Bonchev–Trinajstić information content (AvgIpc) is 3.15. The van der Waals surface area contributed by atoms with E-state index in [0.717, 1.165) is 25.8 Å². The van der Waals surface area contributed by atoms with Gasteiger partial charge in [-0.3, -0.25) is 9.59 Å². The molecule has 0 unspecified atom stereocenters. The van der Waals surface area contributed by atoms with Gasteiger partial charge in [-0.2, -0.15) is 0 Å². The molecule has 5 heteroatoms. The maximum atomic E-state index is 12.0. The molecular formula is C14H27N3O2. The van der Waals surface area contributed by atoms with Gasteiger partial charge >= 0.3 is 0 Å². The lowest BCUT2D eigenvalue weighted by Gasteiger charge is -2.16. The van der Waals surface area contributed by atoms with Crippen molar-refractivity contribution in [1.82, 2.24) is 15.5 Å². The van der Waals surface area contributed by atoms with Crippen LogP contribution in [-0.4, -0.2) is 50.4 Å². The molecule has 0 aromatic rings. The molecule has 0 aliphatic heterocycles. The zero-order valence-electron chi connectivity index (χ0n) is 12.4. The molecule has 0 aromatic carbocycles. The van der Waals surface area contributed by atoms with Crippen molar-refractivity contribution in [2.75, 3.05) is 33.7 Å². The summed E-state index contributed by atoms with van der Waals surface area (Å²) in [4.78, 5) is 26.1. The molecule has 2 amide bonds. The number of rotatable bonds is 9. The van der Waals surface area contributed by atoms with E-state index in [4.69, 9.17) is 0 Å². The van der Waals surface area contributed by atoms with Crippen molar-refractivity contribution in [1.29, 1.82) is 0 Å². The SMILES string of the molecule is CCCCCNC(=O)C1(C(=O)NCCN(C)C)CC1. The molecule has 0 saturated heterocycles. The minimum Gasteiger partial charge on any atom is -0.355 e. The van der Waals surface area contributed by atoms with Crippen LogP contribution in [0.2, 0.25) is 0 Å². The molecule has 0 heterocycles. The lowest BCUT2D eigenvalue weighted by molar-refractivity contribution is -0.137. The molecule has 2 N–H and O–H groups in total. The number of hydrogen-bond donors (Lipinski definition) is 2. The van der Waals surface area contributed by atoms with Crippen LogP contribution in [0, 0.1) is 5.41 Å². The van der Waals surface area contributed by atoms with E-state index in [2.05, 4.69) is 17.6 Å². The second-order valence-corrected chi connectivity index (χ2v) is 5.60. The van der Waals surface area contributed by atoms with Crippen LogP contribution >= 0.6 is 0 Å². The first-order chi connectivity index (χ1) is 9.03. The fraction of sp³-hybridized carbons (Fsp3) is 0.857. The summed E-state index contributed by atoms with van der Waals surface area (Å²) in [6, 6.07) is 0. The van der Waals surface area contributed by atoms with Crippen molar-refractivity contribution >= 4 is 11.8 Å². The van der Waals surface area contributed by atoms with Gasteiger partial charge in [0.05, 0.1) is 0 Å². The van der Waals surface area contributed by atoms with Crippen molar-refractivity contribution < 1.29 is 9.59 Å². The third-order valence-electron chi connectivity index (χ3n) is 3.53. The summed E-state index contributed by atoms with van der Waals surface area (Å²) in [6.45, 7) is 4.19. The van der Waals surface area contributed by atoms with E-state index in [1.165, 1.54) is 0 Å². The Morgan fingerprint density at radius 1 is 1.05 bits per heavy atom. The lowest BCUT2D eigenvalue weighted by atomic mass is 10.1. The maximum absolute atomic E-state index is 12.0. The smallest absolute Gasteiger partial charge is 0.235 e. The molecule has 1 fully saturated rings. The van der Waals surface area contributed by atoms with Gasteiger partial charge in [0.1, 0.15) is 5.41 Å². The predicted octanol–water partition coefficient (Wildman–Crippen LogP) is 0.751. The predicted molar refractivity (Wildman–Crippen MR) is 75.8 cm³/mol. The van der Waals surface area contributed by atoms with E-state index in [0.29, 0.717) is 25.9 Å². The largest absolute Gasteiger partial charge is 0.355 e. The average molecular weight is 269 g/mol. The topological polar surface area (TPSA) is 61.4 Å². The van der Waals surface area contributed by atoms with Crippen LogP contribution in [-0.2, 0) is 9.59 Å². The van der Waals surface area contributed by atoms with E-state index in [-0.39, 0.29) is 11.8 Å². The van der Waals surface area contributed by atoms with Gasteiger partial charge < -0.3 is 15.5 Å². The minimum atomic E-state index is -0.765. The molecule has 0 spiro atoms. The van der Waals surface area contributed by atoms with Crippen molar-refractivity contribution in [2.45, 2.75) is 39.0 Å². The Balaban J connectivity index is 2.30. The van der Waals surface area contributed by atoms with E-state index >= 15 is 0 Å². The van der Waals surface area contributed by atoms with Crippen LogP contribution in [0.1, 0.15) is 39.0 Å². The monoisotopic (exact) mass is 269 g/mol. The fourth-order valence-electron chi connectivity index (χ4n) is 1.99. The molecule has 1 rings (SSSR count). The Morgan fingerprint density at radius 2 is 1.63 bits per heavy atom. The Hall–Kier alpha value is -1.10. The van der Waals surface area contributed by atoms with E-state index in [1.807, 2.05) is 19.0 Å². The second kappa shape index (κ2) is 7.48. The van der Waals surface area contributed by atoms with Crippen LogP contribution in [0.5, 0.6) is 0 Å². The lowest BCUT2D eigenvalue weighted by Crippen LogP contribution is -2.44. The number of carbonyl (C=O) groups is 2. The molecule has 0 atom stereocenters. The number of unbranched alkanes of at least 4 members (excludes halogenated alkanes) is 2. The highest BCUT2D eigenvalue weighted by Crippen LogP contribution is 2.46. The summed E-state index contributed by atoms with van der Waals surface area (Å²) in [7, 11) is 3.92. The molecule has 110 valence electrons. The Labute approximate surface area is 116 Å². The summed E-state index contributed by atoms with van der Waals surface area (Å²) >= 11 is 0. The van der Waals surface area contributed by atoms with Crippen molar-refractivity contribution in [3.05, 3.63) is 0 Å². The van der Waals surface area contributed by atoms with Gasteiger partial charge in [-0.1, -0.05) is 19.8 Å². The highest BCUT2D eigenvalue weighted by Gasteiger charge is 2.56. The first-order valence-electron chi connectivity index (χ1n) is 7.24. The summed E-state index contributed by atoms with van der Waals surface area (Å²) in [5, 5.41) is 5.75. The molecule has 5 nitrogen and oxygen atoms in total. The van der Waals surface area contributed by atoms with E-state index in [9.17, 15) is 9.59 Å². The standard InChI is InChI=1S/C14H27N3O2/c1-4-5-6-9-15-12(18)14(7-8-14)13(19)16-10-11-17(2)3/h4-11H2,1-3H3,(H,15,18)(H,16,19). The first kappa shape index (κ1) is 16.0. The minimum absolute atomic E-state index is 0.0917. The maximum Gasteiger partial charge on any atom is 0.235 e. The molecule has 1 aliphatic rings. The van der Waals surface area contributed by atoms with Gasteiger partial charge in [0, 0.05) is 19.6 Å². The molecule has 19 heavy (non-hydrogen) atoms. The number of nitrogens with one attached hydrogen (secondary N) is 2. The van der Waals surface area contributed by atoms with Gasteiger partial charge in [0.25, 0.3) is 0 Å². The van der Waals surface area contributed by atoms with Gasteiger partial charge in [-0.25, -0.2) is 0 Å². The van der Waals surface area contributed by atoms with Gasteiger partial charge in [0.15, 0.2) is 0 Å². The summed E-state index contributed by atoms with van der Waals surface area (Å²) in [6.07, 6.45) is 4.59. The Morgan fingerprint density at radius 3 is 2.11 bits per heavy atom. The third-order valence-corrected chi connectivity index (χ3v) is 3.53. The summed E-state index contributed by atoms with van der Waals surface area (Å²) < 4.78 is 0. The van der Waals surface area contributed by atoms with Crippen molar-refractivity contribution in [2.24, 2.45) is 5.41 Å². The molecule has 0 radical (unpaired) electrons. The normalized spacial score (nSPS) is 16.2. The number of carbonyl (C=O) groups excluding carboxylic acids is 2. The van der Waals surface area contributed by atoms with E-state index in [1.54, 1.807) is 0 Å². The van der Waals surface area contributed by atoms with E-state index < -0.39 is 5.41 Å². The molecular weight excluding hydrogens is 242 g/mol. The van der Waals surface area contributed by atoms with Crippen LogP contribution in [0.15, 0.2) is 0 Å². The van der Waals surface area contributed by atoms with Gasteiger partial charge in [0.2, 0.25) is 11.8 Å². The van der Waals surface area contributed by atoms with Crippen LogP contribution < -0.4 is 10.6 Å². The molecule has 0 bridgehead atoms. The van der Waals surface area contributed by atoms with Crippen LogP contribution in [0.25, 0.3) is 0 Å². The fourth-order valence-corrected chi connectivity index (χ4v) is 1.99. The summed E-state index contributed by atoms with van der Waals surface area (Å²) in [5.41, 5.74) is -0.765. The second-order valence-electron chi connectivity index (χ2n) is 5.60. The number of hydrogen-bond acceptors (Lipinski definition) is 3. The van der Waals surface area contributed by atoms with Gasteiger partial charge in [-0.15, -0.1) is 0 Å². The van der Waals surface area contributed by atoms with Crippen molar-refractivity contribution in [3.8, 4) is 0 Å². The zero-order valence-corrected chi connectivity index (χ0v) is 12.4. The highest BCUT2D eigenvalue weighted by atomic mass is 16.2. The quantitative estimate of drug-likeness (QED) is 0.480. The molecule has 1 aliphatic carbocycles. The molecule has 0 aromatic heterocycles. The zero-order chi connectivity index (χ0) is 14.3. The Kier molecular flexibility index (Phi) is 6.28. The van der Waals surface area contributed by atoms with Crippen LogP contribution in [0.3, 0.4) is 0 Å². The summed E-state index contributed by atoms with van der Waals surface area (Å²) in [5.74, 6) is -0.201. The first-order valence-corrected chi connectivity index (χ1v) is 7.24. The van der Waals surface area contributed by atoms with Gasteiger partial charge in [-0.05, 0) is 33.4 Å². The Bertz CT molecular complexity index is 312. The number of amides is 2. The number of nitrogens with zero attached hydrogens (tertiary/aromatic N) is 1. The number of likely N-dealkylation sites (N-methyl/N-ethyl adjacent to an activating group) is 1. The van der Waals surface area contributed by atoms with Crippen LogP contribution in [0.4, 0.5) is 0 Å². The third kappa shape index (κ3) is 4.82. The molecule has 1 saturated carbocycles. The highest BCUT2D eigenvalue weighted by molar-refractivity contribution is 6.07. The van der Waals surface area contributed by atoms with Crippen molar-refractivity contribution in [3.63, 3.8) is 0 Å².